The molecule has 122 valence electrons. The van der Waals surface area contributed by atoms with Gasteiger partial charge in [-0.3, -0.25) is 9.89 Å². The van der Waals surface area contributed by atoms with E-state index in [-0.39, 0.29) is 5.69 Å². The van der Waals surface area contributed by atoms with Crippen LogP contribution < -0.4 is 5.73 Å². The van der Waals surface area contributed by atoms with Crippen molar-refractivity contribution in [3.8, 4) is 22.4 Å². The standard InChI is InChI=1S/C17H12F3N3O/c18-17(19,20)13-3-1-2-12(8-13)10-4-6-11(7-5-10)14-9-15(16(21)24)23-22-14/h1-9H,(H2,21,24)(H,22,23). The van der Waals surface area contributed by atoms with Crippen LogP contribution in [0.1, 0.15) is 16.1 Å². The lowest BCUT2D eigenvalue weighted by atomic mass is 10.0. The molecule has 1 aromatic heterocycles. The summed E-state index contributed by atoms with van der Waals surface area (Å²) < 4.78 is 38.4. The monoisotopic (exact) mass is 331 g/mol. The number of benzene rings is 2. The zero-order valence-corrected chi connectivity index (χ0v) is 12.3. The van der Waals surface area contributed by atoms with E-state index in [0.29, 0.717) is 16.8 Å². The summed E-state index contributed by atoms with van der Waals surface area (Å²) in [5, 5.41) is 6.51. The largest absolute Gasteiger partial charge is 0.416 e. The summed E-state index contributed by atoms with van der Waals surface area (Å²) >= 11 is 0. The van der Waals surface area contributed by atoms with Gasteiger partial charge in [-0.25, -0.2) is 0 Å². The number of primary amides is 1. The lowest BCUT2D eigenvalue weighted by Crippen LogP contribution is -2.10. The highest BCUT2D eigenvalue weighted by molar-refractivity contribution is 5.91. The van der Waals surface area contributed by atoms with E-state index in [1.165, 1.54) is 12.1 Å². The minimum atomic E-state index is -4.38. The molecule has 24 heavy (non-hydrogen) atoms. The van der Waals surface area contributed by atoms with Crippen LogP contribution >= 0.6 is 0 Å². The van der Waals surface area contributed by atoms with Crippen LogP contribution in [0.15, 0.2) is 54.6 Å². The lowest BCUT2D eigenvalue weighted by molar-refractivity contribution is -0.137. The Kier molecular flexibility index (Phi) is 3.84. The zero-order valence-electron chi connectivity index (χ0n) is 12.3. The number of carbonyl (C=O) groups excluding carboxylic acids is 1. The van der Waals surface area contributed by atoms with Gasteiger partial charge in [0.1, 0.15) is 5.69 Å². The highest BCUT2D eigenvalue weighted by atomic mass is 19.4. The number of carbonyl (C=O) groups is 1. The fraction of sp³-hybridized carbons (Fsp3) is 0.0588. The molecule has 0 saturated carbocycles. The molecule has 0 unspecified atom stereocenters. The third-order valence-electron chi connectivity index (χ3n) is 3.55. The topological polar surface area (TPSA) is 71.8 Å². The minimum absolute atomic E-state index is 0.187. The van der Waals surface area contributed by atoms with E-state index in [4.69, 9.17) is 5.73 Å². The van der Waals surface area contributed by atoms with Gasteiger partial charge in [-0.05, 0) is 29.3 Å². The predicted octanol–water partition coefficient (Wildman–Crippen LogP) is 3.86. The first-order chi connectivity index (χ1) is 11.3. The number of alkyl halides is 3. The number of nitrogens with zero attached hydrogens (tertiary/aromatic N) is 1. The van der Waals surface area contributed by atoms with Crippen molar-refractivity contribution in [1.82, 2.24) is 10.2 Å². The van der Waals surface area contributed by atoms with Crippen LogP contribution in [0, 0.1) is 0 Å². The Morgan fingerprint density at radius 1 is 0.958 bits per heavy atom. The molecular weight excluding hydrogens is 319 g/mol. The molecule has 0 spiro atoms. The third-order valence-corrected chi connectivity index (χ3v) is 3.55. The van der Waals surface area contributed by atoms with Crippen molar-refractivity contribution in [3.63, 3.8) is 0 Å². The first-order valence-electron chi connectivity index (χ1n) is 6.98. The molecule has 0 aliphatic rings. The van der Waals surface area contributed by atoms with E-state index in [1.807, 2.05) is 0 Å². The number of aromatic amines is 1. The van der Waals surface area contributed by atoms with Crippen molar-refractivity contribution in [2.45, 2.75) is 6.18 Å². The molecule has 1 heterocycles. The second-order valence-corrected chi connectivity index (χ2v) is 5.19. The lowest BCUT2D eigenvalue weighted by Gasteiger charge is -2.09. The summed E-state index contributed by atoms with van der Waals surface area (Å²) in [4.78, 5) is 11.1. The van der Waals surface area contributed by atoms with Crippen molar-refractivity contribution in [2.24, 2.45) is 5.73 Å². The van der Waals surface area contributed by atoms with Crippen molar-refractivity contribution in [1.29, 1.82) is 0 Å². The van der Waals surface area contributed by atoms with Crippen LogP contribution in [0.25, 0.3) is 22.4 Å². The van der Waals surface area contributed by atoms with Gasteiger partial charge in [0.2, 0.25) is 0 Å². The number of aromatic nitrogens is 2. The van der Waals surface area contributed by atoms with Crippen LogP contribution in [-0.4, -0.2) is 16.1 Å². The number of H-pyrrole nitrogens is 1. The summed E-state index contributed by atoms with van der Waals surface area (Å²) in [6.45, 7) is 0. The molecule has 1 amide bonds. The van der Waals surface area contributed by atoms with Gasteiger partial charge in [0.05, 0.1) is 11.3 Å². The van der Waals surface area contributed by atoms with Crippen molar-refractivity contribution in [3.05, 3.63) is 65.9 Å². The molecule has 3 rings (SSSR count). The fourth-order valence-electron chi connectivity index (χ4n) is 2.30. The Balaban J connectivity index is 1.90. The van der Waals surface area contributed by atoms with Crippen LogP contribution in [0.3, 0.4) is 0 Å². The van der Waals surface area contributed by atoms with Crippen LogP contribution in [0.5, 0.6) is 0 Å². The maximum absolute atomic E-state index is 12.8. The molecule has 0 radical (unpaired) electrons. The summed E-state index contributed by atoms with van der Waals surface area (Å²) in [5.74, 6) is -0.616. The molecule has 0 bridgehead atoms. The molecule has 3 N–H and O–H groups in total. The molecule has 0 aliphatic heterocycles. The van der Waals surface area contributed by atoms with Gasteiger partial charge in [0, 0.05) is 5.56 Å². The quantitative estimate of drug-likeness (QED) is 0.765. The van der Waals surface area contributed by atoms with Gasteiger partial charge in [-0.15, -0.1) is 0 Å². The first-order valence-corrected chi connectivity index (χ1v) is 6.98. The van der Waals surface area contributed by atoms with Crippen molar-refractivity contribution >= 4 is 5.91 Å². The van der Waals surface area contributed by atoms with E-state index in [0.717, 1.165) is 17.7 Å². The van der Waals surface area contributed by atoms with Gasteiger partial charge in [-0.2, -0.15) is 18.3 Å². The van der Waals surface area contributed by atoms with Gasteiger partial charge < -0.3 is 5.73 Å². The molecule has 0 fully saturated rings. The molecule has 4 nitrogen and oxygen atoms in total. The van der Waals surface area contributed by atoms with E-state index in [2.05, 4.69) is 10.2 Å². The average Bonchev–Trinajstić information content (AvgIpc) is 3.05. The van der Waals surface area contributed by atoms with E-state index < -0.39 is 17.6 Å². The SMILES string of the molecule is NC(=O)c1cc(-c2ccc(-c3cccc(C(F)(F)F)c3)cc2)n[nH]1. The molecule has 0 aliphatic carbocycles. The van der Waals surface area contributed by atoms with Crippen LogP contribution in [-0.2, 0) is 6.18 Å². The summed E-state index contributed by atoms with van der Waals surface area (Å²) in [5.41, 5.74) is 7.01. The van der Waals surface area contributed by atoms with E-state index in [1.54, 1.807) is 30.3 Å². The Morgan fingerprint density at radius 3 is 2.21 bits per heavy atom. The molecule has 0 atom stereocenters. The van der Waals surface area contributed by atoms with Crippen molar-refractivity contribution in [2.75, 3.05) is 0 Å². The molecule has 2 aromatic carbocycles. The van der Waals surface area contributed by atoms with Crippen molar-refractivity contribution < 1.29 is 18.0 Å². The van der Waals surface area contributed by atoms with Gasteiger partial charge >= 0.3 is 6.18 Å². The Hall–Kier alpha value is -3.09. The normalized spacial score (nSPS) is 11.5. The number of rotatable bonds is 3. The number of hydrogen-bond donors (Lipinski definition) is 2. The number of nitrogens with two attached hydrogens (primary N) is 1. The van der Waals surface area contributed by atoms with Gasteiger partial charge in [0.15, 0.2) is 0 Å². The summed E-state index contributed by atoms with van der Waals surface area (Å²) in [6, 6.07) is 13.5. The van der Waals surface area contributed by atoms with Gasteiger partial charge in [-0.1, -0.05) is 36.4 Å². The Labute approximate surface area is 135 Å². The maximum atomic E-state index is 12.8. The number of nitrogens with one attached hydrogen (secondary N) is 1. The zero-order chi connectivity index (χ0) is 17.3. The maximum Gasteiger partial charge on any atom is 0.416 e. The first kappa shape index (κ1) is 15.8. The number of hydrogen-bond acceptors (Lipinski definition) is 2. The fourth-order valence-corrected chi connectivity index (χ4v) is 2.30. The average molecular weight is 331 g/mol. The minimum Gasteiger partial charge on any atom is -0.364 e. The second kappa shape index (κ2) is 5.84. The third kappa shape index (κ3) is 3.15. The van der Waals surface area contributed by atoms with Crippen LogP contribution in [0.4, 0.5) is 13.2 Å². The number of amides is 1. The Morgan fingerprint density at radius 2 is 1.62 bits per heavy atom. The summed E-state index contributed by atoms with van der Waals surface area (Å²) in [7, 11) is 0. The smallest absolute Gasteiger partial charge is 0.364 e. The molecule has 7 heteroatoms. The Bertz CT molecular complexity index is 883. The van der Waals surface area contributed by atoms with E-state index >= 15 is 0 Å². The van der Waals surface area contributed by atoms with Crippen LogP contribution in [0.2, 0.25) is 0 Å². The molecular formula is C17H12F3N3O. The molecule has 0 saturated heterocycles. The predicted molar refractivity (Wildman–Crippen MR) is 83.0 cm³/mol. The van der Waals surface area contributed by atoms with E-state index in [9.17, 15) is 18.0 Å². The van der Waals surface area contributed by atoms with Gasteiger partial charge in [0.25, 0.3) is 5.91 Å². The highest BCUT2D eigenvalue weighted by Gasteiger charge is 2.30. The summed E-state index contributed by atoms with van der Waals surface area (Å²) in [6.07, 6.45) is -4.38. The second-order valence-electron chi connectivity index (χ2n) is 5.19. The highest BCUT2D eigenvalue weighted by Crippen LogP contribution is 2.32. The number of halogens is 3. The molecule has 3 aromatic rings.